The molecule has 3 amide bonds. The van der Waals surface area contributed by atoms with Gasteiger partial charge in [-0.05, 0) is 41.3 Å². The van der Waals surface area contributed by atoms with Crippen LogP contribution in [0.3, 0.4) is 0 Å². The average molecular weight is 670 g/mol. The molecular formula is C30H32ClN7O5S2. The van der Waals surface area contributed by atoms with E-state index in [9.17, 15) is 22.8 Å². The van der Waals surface area contributed by atoms with Crippen molar-refractivity contribution in [2.24, 2.45) is 0 Å². The summed E-state index contributed by atoms with van der Waals surface area (Å²) in [4.78, 5) is 57.0. The van der Waals surface area contributed by atoms with Crippen molar-refractivity contribution in [2.75, 3.05) is 41.3 Å². The maximum absolute atomic E-state index is 14.1. The monoisotopic (exact) mass is 669 g/mol. The first-order chi connectivity index (χ1) is 21.3. The van der Waals surface area contributed by atoms with Crippen LogP contribution in [0, 0.1) is 0 Å². The van der Waals surface area contributed by atoms with E-state index in [1.54, 1.807) is 77.0 Å². The molecule has 0 aliphatic carbocycles. The molecule has 0 spiro atoms. The molecule has 0 bridgehead atoms. The lowest BCUT2D eigenvalue weighted by atomic mass is 10.0. The van der Waals surface area contributed by atoms with E-state index < -0.39 is 28.0 Å². The summed E-state index contributed by atoms with van der Waals surface area (Å²) in [6.45, 7) is -0.325. The van der Waals surface area contributed by atoms with Crippen LogP contribution in [0.5, 0.6) is 0 Å². The fourth-order valence-electron chi connectivity index (χ4n) is 5.12. The molecular weight excluding hydrogens is 638 g/mol. The van der Waals surface area contributed by atoms with Crippen LogP contribution in [0.15, 0.2) is 65.4 Å². The number of thiophene rings is 1. The van der Waals surface area contributed by atoms with Gasteiger partial charge in [0.2, 0.25) is 17.6 Å². The maximum atomic E-state index is 14.1. The number of sulfonamides is 1. The minimum Gasteiger partial charge on any atom is -0.349 e. The number of hydrogen-bond donors (Lipinski definition) is 0. The quantitative estimate of drug-likeness (QED) is 0.279. The van der Waals surface area contributed by atoms with Crippen LogP contribution in [0.2, 0.25) is 5.02 Å². The lowest BCUT2D eigenvalue weighted by Crippen LogP contribution is -2.63. The number of halogens is 1. The highest BCUT2D eigenvalue weighted by Gasteiger charge is 2.45. The number of pyridine rings is 1. The Morgan fingerprint density at radius 3 is 2.02 bits per heavy atom. The van der Waals surface area contributed by atoms with Gasteiger partial charge < -0.3 is 14.7 Å². The second-order valence-electron chi connectivity index (χ2n) is 11.1. The van der Waals surface area contributed by atoms with Gasteiger partial charge in [0.1, 0.15) is 4.21 Å². The third-order valence-corrected chi connectivity index (χ3v) is 11.2. The first-order valence-corrected chi connectivity index (χ1v) is 16.6. The van der Waals surface area contributed by atoms with E-state index in [2.05, 4.69) is 15.0 Å². The predicted molar refractivity (Wildman–Crippen MR) is 171 cm³/mol. The second-order valence-corrected chi connectivity index (χ2v) is 14.8. The Hall–Kier alpha value is -3.98. The molecule has 3 aromatic heterocycles. The maximum Gasteiger partial charge on any atom is 0.292 e. The molecule has 1 fully saturated rings. The molecule has 15 heteroatoms. The number of rotatable bonds is 8. The fraction of sp³-hybridized carbons (Fsp3) is 0.333. The minimum absolute atomic E-state index is 0.102. The van der Waals surface area contributed by atoms with Gasteiger partial charge in [-0.3, -0.25) is 19.4 Å². The van der Waals surface area contributed by atoms with E-state index in [-0.39, 0.29) is 47.8 Å². The van der Waals surface area contributed by atoms with Crippen LogP contribution in [0.1, 0.15) is 23.5 Å². The Bertz CT molecular complexity index is 1800. The molecule has 1 aliphatic heterocycles. The van der Waals surface area contributed by atoms with Gasteiger partial charge in [-0.25, -0.2) is 18.4 Å². The third kappa shape index (κ3) is 6.98. The largest absolute Gasteiger partial charge is 0.349 e. The topological polar surface area (TPSA) is 137 Å². The second kappa shape index (κ2) is 13.2. The molecule has 0 saturated carbocycles. The van der Waals surface area contributed by atoms with Gasteiger partial charge in [-0.15, -0.1) is 11.3 Å². The smallest absolute Gasteiger partial charge is 0.292 e. The molecule has 4 aromatic rings. The zero-order chi connectivity index (χ0) is 32.5. The molecule has 2 atom stereocenters. The molecule has 236 valence electrons. The summed E-state index contributed by atoms with van der Waals surface area (Å²) in [5, 5.41) is 1.21. The van der Waals surface area contributed by atoms with E-state index in [4.69, 9.17) is 11.6 Å². The molecule has 2 unspecified atom stereocenters. The van der Waals surface area contributed by atoms with Gasteiger partial charge in [-0.2, -0.15) is 4.31 Å². The van der Waals surface area contributed by atoms with Crippen molar-refractivity contribution in [1.29, 1.82) is 0 Å². The number of amides is 3. The van der Waals surface area contributed by atoms with E-state index in [1.165, 1.54) is 31.4 Å². The minimum atomic E-state index is -4.08. The highest BCUT2D eigenvalue weighted by atomic mass is 35.5. The number of benzene rings is 1. The van der Waals surface area contributed by atoms with Crippen molar-refractivity contribution >= 4 is 60.8 Å². The number of aromatic nitrogens is 3. The third-order valence-electron chi connectivity index (χ3n) is 7.58. The zero-order valence-corrected chi connectivity index (χ0v) is 27.5. The fourth-order valence-corrected chi connectivity index (χ4v) is 8.47. The Balaban J connectivity index is 1.53. The molecule has 1 aliphatic rings. The van der Waals surface area contributed by atoms with Gasteiger partial charge in [0, 0.05) is 94.2 Å². The summed E-state index contributed by atoms with van der Waals surface area (Å²) in [6, 6.07) is 8.50. The Kier molecular flexibility index (Phi) is 9.49. The summed E-state index contributed by atoms with van der Waals surface area (Å²) in [5.74, 6) is -1.34. The summed E-state index contributed by atoms with van der Waals surface area (Å²) >= 11 is 7.22. The highest BCUT2D eigenvalue weighted by Crippen LogP contribution is 2.35. The van der Waals surface area contributed by atoms with Crippen molar-refractivity contribution in [3.05, 3.63) is 72.0 Å². The lowest BCUT2D eigenvalue weighted by Gasteiger charge is -2.45. The molecule has 5 rings (SSSR count). The predicted octanol–water partition coefficient (Wildman–Crippen LogP) is 3.25. The Labute approximate surface area is 270 Å². The van der Waals surface area contributed by atoms with Crippen molar-refractivity contribution in [3.63, 3.8) is 0 Å². The van der Waals surface area contributed by atoms with Gasteiger partial charge in [0.15, 0.2) is 0 Å². The van der Waals surface area contributed by atoms with Crippen molar-refractivity contribution in [3.8, 4) is 11.1 Å². The summed E-state index contributed by atoms with van der Waals surface area (Å²) in [6.07, 6.45) is 5.96. The highest BCUT2D eigenvalue weighted by molar-refractivity contribution is 7.91. The van der Waals surface area contributed by atoms with E-state index >= 15 is 0 Å². The number of hydrogen-bond acceptors (Lipinski definition) is 9. The van der Waals surface area contributed by atoms with Crippen LogP contribution in [0.4, 0.5) is 0 Å². The summed E-state index contributed by atoms with van der Waals surface area (Å²) in [5.41, 5.74) is 1.49. The molecule has 0 N–H and O–H groups in total. The Morgan fingerprint density at radius 2 is 1.47 bits per heavy atom. The molecule has 1 aromatic carbocycles. The SMILES string of the molecule is CN(C)C(=O)CC1CN(S(=O)(=O)c2cc3ccc(Cl)cc3s2)CC(CC(=O)N(C)C)N1C(=O)c1ncc(-c2ccncc2)cn1. The van der Waals surface area contributed by atoms with Crippen LogP contribution in [0.25, 0.3) is 21.2 Å². The van der Waals surface area contributed by atoms with Crippen LogP contribution in [-0.4, -0.2) is 113 Å². The number of carbonyl (C=O) groups is 3. The van der Waals surface area contributed by atoms with Crippen LogP contribution < -0.4 is 0 Å². The molecule has 45 heavy (non-hydrogen) atoms. The number of piperazine rings is 1. The summed E-state index contributed by atoms with van der Waals surface area (Å²) in [7, 11) is 2.26. The lowest BCUT2D eigenvalue weighted by molar-refractivity contribution is -0.131. The van der Waals surface area contributed by atoms with Crippen LogP contribution in [-0.2, 0) is 19.6 Å². The number of fused-ring (bicyclic) bond motifs is 1. The molecule has 1 saturated heterocycles. The summed E-state index contributed by atoms with van der Waals surface area (Å²) < 4.78 is 30.2. The Morgan fingerprint density at radius 1 is 0.889 bits per heavy atom. The first-order valence-electron chi connectivity index (χ1n) is 14.0. The van der Waals surface area contributed by atoms with E-state index in [0.717, 1.165) is 22.3 Å². The molecule has 4 heterocycles. The van der Waals surface area contributed by atoms with Crippen LogP contribution >= 0.6 is 22.9 Å². The van der Waals surface area contributed by atoms with E-state index in [0.29, 0.717) is 15.3 Å². The normalized spacial score (nSPS) is 17.3. The van der Waals surface area contributed by atoms with Gasteiger partial charge in [0.05, 0.1) is 12.1 Å². The number of nitrogens with zero attached hydrogens (tertiary/aromatic N) is 7. The van der Waals surface area contributed by atoms with Crippen molar-refractivity contribution in [1.82, 2.24) is 34.0 Å². The van der Waals surface area contributed by atoms with E-state index in [1.807, 2.05) is 0 Å². The molecule has 12 nitrogen and oxygen atoms in total. The molecule has 0 radical (unpaired) electrons. The standard InChI is InChI=1S/C30H32ClN7O5S2/c1-35(2)26(39)13-23-17-37(45(42,43)28-11-20-5-6-22(31)12-25(20)44-28)18-24(14-27(40)36(3)4)38(23)30(41)29-33-15-21(16-34-29)19-7-9-32-10-8-19/h5-12,15-16,23-24H,13-14,17-18H2,1-4H3. The van der Waals surface area contributed by atoms with Crippen molar-refractivity contribution in [2.45, 2.75) is 29.1 Å². The van der Waals surface area contributed by atoms with Gasteiger partial charge >= 0.3 is 0 Å². The zero-order valence-electron chi connectivity index (χ0n) is 25.1. The van der Waals surface area contributed by atoms with Gasteiger partial charge in [0.25, 0.3) is 15.9 Å². The van der Waals surface area contributed by atoms with Crippen molar-refractivity contribution < 1.29 is 22.8 Å². The van der Waals surface area contributed by atoms with Gasteiger partial charge in [-0.1, -0.05) is 17.7 Å². The first kappa shape index (κ1) is 32.4. The number of carbonyl (C=O) groups excluding carboxylic acids is 3. The average Bonchev–Trinajstić information content (AvgIpc) is 3.45.